The van der Waals surface area contributed by atoms with Gasteiger partial charge in [0.2, 0.25) is 5.88 Å². The van der Waals surface area contributed by atoms with E-state index in [1.54, 1.807) is 19.1 Å². The highest BCUT2D eigenvalue weighted by molar-refractivity contribution is 7.92. The largest absolute Gasteiger partial charge is 0.337 e. The van der Waals surface area contributed by atoms with Gasteiger partial charge in [-0.25, -0.2) is 13.1 Å². The van der Waals surface area contributed by atoms with Crippen LogP contribution in [0.4, 0.5) is 5.88 Å². The van der Waals surface area contributed by atoms with Crippen LogP contribution in [0, 0.1) is 13.8 Å². The van der Waals surface area contributed by atoms with Crippen molar-refractivity contribution >= 4 is 15.9 Å². The zero-order valence-electron chi connectivity index (χ0n) is 12.8. The second kappa shape index (κ2) is 5.89. The molecule has 0 aliphatic heterocycles. The highest BCUT2D eigenvalue weighted by atomic mass is 32.2. The van der Waals surface area contributed by atoms with E-state index in [0.717, 1.165) is 11.1 Å². The molecule has 0 fully saturated rings. The topological polar surface area (TPSA) is 72.2 Å². The first-order valence-electron chi connectivity index (χ1n) is 7.07. The van der Waals surface area contributed by atoms with Crippen molar-refractivity contribution in [1.29, 1.82) is 0 Å². The van der Waals surface area contributed by atoms with E-state index in [9.17, 15) is 8.42 Å². The number of aromatic nitrogens is 1. The molecule has 1 N–H and O–H groups in total. The number of rotatable bonds is 4. The van der Waals surface area contributed by atoms with Gasteiger partial charge in [0.1, 0.15) is 0 Å². The molecule has 0 spiro atoms. The van der Waals surface area contributed by atoms with Crippen molar-refractivity contribution in [3.63, 3.8) is 0 Å². The molecule has 0 amide bonds. The maximum Gasteiger partial charge on any atom is 0.264 e. The number of benzene rings is 2. The molecule has 3 aromatic rings. The first-order chi connectivity index (χ1) is 11.0. The van der Waals surface area contributed by atoms with Gasteiger partial charge in [-0.1, -0.05) is 47.6 Å². The number of nitrogens with zero attached hydrogens (tertiary/aromatic N) is 1. The van der Waals surface area contributed by atoms with E-state index in [1.165, 1.54) is 6.20 Å². The third-order valence-electron chi connectivity index (χ3n) is 3.52. The molecular weight excluding hydrogens is 312 g/mol. The van der Waals surface area contributed by atoms with Gasteiger partial charge in [0.15, 0.2) is 0 Å². The molecule has 6 heteroatoms. The Morgan fingerprint density at radius 2 is 1.78 bits per heavy atom. The normalized spacial score (nSPS) is 11.4. The van der Waals surface area contributed by atoms with E-state index in [-0.39, 0.29) is 10.8 Å². The summed E-state index contributed by atoms with van der Waals surface area (Å²) in [7, 11) is -3.75. The highest BCUT2D eigenvalue weighted by Gasteiger charge is 2.21. The summed E-state index contributed by atoms with van der Waals surface area (Å²) in [6, 6.07) is 14.6. The first-order valence-corrected chi connectivity index (χ1v) is 8.56. The fraction of sp³-hybridized carbons (Fsp3) is 0.118. The minimum absolute atomic E-state index is 0.108. The minimum Gasteiger partial charge on any atom is -0.337 e. The number of hydrogen-bond acceptors (Lipinski definition) is 4. The van der Waals surface area contributed by atoms with E-state index in [0.29, 0.717) is 11.1 Å². The number of nitrogens with one attached hydrogen (secondary N) is 1. The third-order valence-corrected chi connectivity index (χ3v) is 4.99. The summed E-state index contributed by atoms with van der Waals surface area (Å²) >= 11 is 0. The zero-order chi connectivity index (χ0) is 16.4. The molecular formula is C17H16N2O3S. The standard InChI is InChI=1S/C17H16N2O3S/c1-12-8-9-13(2)16(10-12)23(20,21)19-17-15(11-18-22-17)14-6-4-3-5-7-14/h3-11,19H,1-2H3. The summed E-state index contributed by atoms with van der Waals surface area (Å²) in [5.41, 5.74) is 2.97. The molecule has 1 aromatic heterocycles. The molecule has 0 saturated heterocycles. The maximum absolute atomic E-state index is 12.7. The Morgan fingerprint density at radius 1 is 1.04 bits per heavy atom. The van der Waals surface area contributed by atoms with Gasteiger partial charge in [-0.05, 0) is 36.6 Å². The Hall–Kier alpha value is -2.60. The van der Waals surface area contributed by atoms with Crippen molar-refractivity contribution in [3.8, 4) is 11.1 Å². The van der Waals surface area contributed by atoms with Crippen molar-refractivity contribution in [2.24, 2.45) is 0 Å². The van der Waals surface area contributed by atoms with Crippen LogP contribution in [0.25, 0.3) is 11.1 Å². The number of hydrogen-bond donors (Lipinski definition) is 1. The van der Waals surface area contributed by atoms with Crippen LogP contribution in [0.1, 0.15) is 11.1 Å². The van der Waals surface area contributed by atoms with Gasteiger partial charge in [-0.3, -0.25) is 0 Å². The third kappa shape index (κ3) is 3.12. The van der Waals surface area contributed by atoms with Crippen LogP contribution in [0.5, 0.6) is 0 Å². The fourth-order valence-electron chi connectivity index (χ4n) is 2.31. The second-order valence-corrected chi connectivity index (χ2v) is 6.96. The van der Waals surface area contributed by atoms with Crippen molar-refractivity contribution in [3.05, 3.63) is 65.9 Å². The molecule has 1 heterocycles. The molecule has 0 unspecified atom stereocenters. The smallest absolute Gasteiger partial charge is 0.264 e. The fourth-order valence-corrected chi connectivity index (χ4v) is 3.64. The van der Waals surface area contributed by atoms with Crippen molar-refractivity contribution in [2.75, 3.05) is 4.72 Å². The van der Waals surface area contributed by atoms with E-state index in [4.69, 9.17) is 4.52 Å². The molecule has 3 rings (SSSR count). The number of anilines is 1. The molecule has 23 heavy (non-hydrogen) atoms. The van der Waals surface area contributed by atoms with Crippen LogP contribution < -0.4 is 4.72 Å². The van der Waals surface area contributed by atoms with Crippen molar-refractivity contribution < 1.29 is 12.9 Å². The van der Waals surface area contributed by atoms with Crippen LogP contribution in [0.15, 0.2) is 64.1 Å². The Bertz CT molecular complexity index is 931. The van der Waals surface area contributed by atoms with Crippen molar-refractivity contribution in [2.45, 2.75) is 18.7 Å². The van der Waals surface area contributed by atoms with Gasteiger partial charge >= 0.3 is 0 Å². The van der Waals surface area contributed by atoms with Gasteiger partial charge in [-0.15, -0.1) is 0 Å². The lowest BCUT2D eigenvalue weighted by molar-refractivity contribution is 0.435. The first kappa shape index (κ1) is 15.3. The predicted molar refractivity (Wildman–Crippen MR) is 88.7 cm³/mol. The molecule has 0 bridgehead atoms. The highest BCUT2D eigenvalue weighted by Crippen LogP contribution is 2.30. The van der Waals surface area contributed by atoms with E-state index in [2.05, 4.69) is 9.88 Å². The van der Waals surface area contributed by atoms with Crippen LogP contribution in [-0.2, 0) is 10.0 Å². The molecule has 5 nitrogen and oxygen atoms in total. The predicted octanol–water partition coefficient (Wildman–Crippen LogP) is 3.76. The van der Waals surface area contributed by atoms with Gasteiger partial charge in [0.25, 0.3) is 10.0 Å². The zero-order valence-corrected chi connectivity index (χ0v) is 13.6. The van der Waals surface area contributed by atoms with Gasteiger partial charge < -0.3 is 4.52 Å². The Balaban J connectivity index is 2.00. The van der Waals surface area contributed by atoms with Gasteiger partial charge in [0.05, 0.1) is 16.7 Å². The summed E-state index contributed by atoms with van der Waals surface area (Å²) in [5.74, 6) is 0.108. The number of aryl methyl sites for hydroxylation is 2. The molecule has 0 aliphatic carbocycles. The quantitative estimate of drug-likeness (QED) is 0.791. The lowest BCUT2D eigenvalue weighted by Crippen LogP contribution is -2.14. The summed E-state index contributed by atoms with van der Waals surface area (Å²) < 4.78 is 32.9. The average Bonchev–Trinajstić information content (AvgIpc) is 2.98. The van der Waals surface area contributed by atoms with Crippen LogP contribution in [0.3, 0.4) is 0 Å². The van der Waals surface area contributed by atoms with Crippen LogP contribution in [0.2, 0.25) is 0 Å². The molecule has 118 valence electrons. The summed E-state index contributed by atoms with van der Waals surface area (Å²) in [6.45, 7) is 3.61. The second-order valence-electron chi connectivity index (χ2n) is 5.31. The van der Waals surface area contributed by atoms with Gasteiger partial charge in [-0.2, -0.15) is 0 Å². The minimum atomic E-state index is -3.75. The lowest BCUT2D eigenvalue weighted by Gasteiger charge is -2.10. The van der Waals surface area contributed by atoms with Crippen LogP contribution >= 0.6 is 0 Å². The Morgan fingerprint density at radius 3 is 2.52 bits per heavy atom. The molecule has 2 aromatic carbocycles. The Kier molecular flexibility index (Phi) is 3.92. The molecule has 0 aliphatic rings. The molecule has 0 radical (unpaired) electrons. The average molecular weight is 328 g/mol. The summed E-state index contributed by atoms with van der Waals surface area (Å²) in [6.07, 6.45) is 1.50. The van der Waals surface area contributed by atoms with E-state index < -0.39 is 10.0 Å². The van der Waals surface area contributed by atoms with Crippen LogP contribution in [-0.4, -0.2) is 13.6 Å². The Labute approximate surface area is 135 Å². The maximum atomic E-state index is 12.7. The molecule has 0 saturated carbocycles. The molecule has 0 atom stereocenters. The van der Waals surface area contributed by atoms with Crippen molar-refractivity contribution in [1.82, 2.24) is 5.16 Å². The van der Waals surface area contributed by atoms with Gasteiger partial charge in [0, 0.05) is 0 Å². The summed E-state index contributed by atoms with van der Waals surface area (Å²) in [4.78, 5) is 0.230. The van der Waals surface area contributed by atoms with E-state index >= 15 is 0 Å². The van der Waals surface area contributed by atoms with E-state index in [1.807, 2.05) is 43.3 Å². The SMILES string of the molecule is Cc1ccc(C)c(S(=O)(=O)Nc2oncc2-c2ccccc2)c1. The monoisotopic (exact) mass is 328 g/mol. The summed E-state index contributed by atoms with van der Waals surface area (Å²) in [5, 5.41) is 3.71. The lowest BCUT2D eigenvalue weighted by atomic mass is 10.1. The number of sulfonamides is 1.